The van der Waals surface area contributed by atoms with Crippen molar-refractivity contribution in [1.29, 1.82) is 5.41 Å². The number of likely N-dealkylation sites (tertiary alicyclic amines) is 1. The molecule has 0 saturated carbocycles. The van der Waals surface area contributed by atoms with E-state index in [1.807, 2.05) is 13.0 Å². The first-order valence-corrected chi connectivity index (χ1v) is 4.67. The summed E-state index contributed by atoms with van der Waals surface area (Å²) in [6.45, 7) is 3.94. The maximum Gasteiger partial charge on any atom is 0.131 e. The van der Waals surface area contributed by atoms with E-state index in [0.717, 1.165) is 24.4 Å². The summed E-state index contributed by atoms with van der Waals surface area (Å²) in [5, 5.41) is 7.95. The highest BCUT2D eigenvalue weighted by atomic mass is 16.3. The number of rotatable bonds is 1. The van der Waals surface area contributed by atoms with Gasteiger partial charge in [0.05, 0.1) is 11.8 Å². The van der Waals surface area contributed by atoms with Crippen LogP contribution in [0.2, 0.25) is 0 Å². The van der Waals surface area contributed by atoms with E-state index < -0.39 is 0 Å². The van der Waals surface area contributed by atoms with Crippen LogP contribution in [0.3, 0.4) is 0 Å². The van der Waals surface area contributed by atoms with E-state index in [4.69, 9.17) is 9.83 Å². The number of nitrogens with one attached hydrogen (secondary N) is 1. The maximum absolute atomic E-state index is 7.95. The minimum atomic E-state index is 0.615. The zero-order valence-electron chi connectivity index (χ0n) is 7.84. The normalized spacial score (nSPS) is 16.5. The van der Waals surface area contributed by atoms with Gasteiger partial charge in [-0.2, -0.15) is 0 Å². The lowest BCUT2D eigenvalue weighted by molar-refractivity contribution is 0.509. The van der Waals surface area contributed by atoms with Crippen LogP contribution in [0.1, 0.15) is 24.2 Å². The molecule has 3 nitrogen and oxygen atoms in total. The number of amidine groups is 1. The number of aryl methyl sites for hydroxylation is 1. The number of hydrogen-bond donors (Lipinski definition) is 1. The first-order chi connectivity index (χ1) is 6.29. The first kappa shape index (κ1) is 8.35. The second-order valence-electron chi connectivity index (χ2n) is 3.43. The molecule has 0 bridgehead atoms. The fourth-order valence-corrected chi connectivity index (χ4v) is 1.74. The van der Waals surface area contributed by atoms with E-state index in [0.29, 0.717) is 5.84 Å². The molecule has 0 aliphatic carbocycles. The quantitative estimate of drug-likeness (QED) is 0.528. The van der Waals surface area contributed by atoms with Crippen molar-refractivity contribution >= 4 is 5.84 Å². The maximum atomic E-state index is 7.95. The van der Waals surface area contributed by atoms with Crippen molar-refractivity contribution in [2.24, 2.45) is 0 Å². The molecule has 1 N–H and O–H groups in total. The summed E-state index contributed by atoms with van der Waals surface area (Å²) < 4.78 is 5.18. The SMILES string of the molecule is Cc1occc1C(=N)N1CCCC1. The molecule has 0 amide bonds. The van der Waals surface area contributed by atoms with Crippen molar-refractivity contribution in [3.05, 3.63) is 23.7 Å². The van der Waals surface area contributed by atoms with Crippen molar-refractivity contribution in [1.82, 2.24) is 4.90 Å². The van der Waals surface area contributed by atoms with Gasteiger partial charge in [0.25, 0.3) is 0 Å². The van der Waals surface area contributed by atoms with E-state index in [1.54, 1.807) is 6.26 Å². The largest absolute Gasteiger partial charge is 0.469 e. The van der Waals surface area contributed by atoms with Gasteiger partial charge in [-0.3, -0.25) is 5.41 Å². The Hall–Kier alpha value is -1.25. The molecule has 2 heterocycles. The Labute approximate surface area is 77.9 Å². The molecule has 13 heavy (non-hydrogen) atoms. The lowest BCUT2D eigenvalue weighted by atomic mass is 10.2. The monoisotopic (exact) mass is 178 g/mol. The van der Waals surface area contributed by atoms with Gasteiger partial charge in [0.2, 0.25) is 0 Å². The summed E-state index contributed by atoms with van der Waals surface area (Å²) >= 11 is 0. The van der Waals surface area contributed by atoms with Crippen molar-refractivity contribution < 1.29 is 4.42 Å². The number of furan rings is 1. The van der Waals surface area contributed by atoms with Crippen LogP contribution in [0.15, 0.2) is 16.7 Å². The minimum absolute atomic E-state index is 0.615. The van der Waals surface area contributed by atoms with E-state index >= 15 is 0 Å². The molecule has 1 saturated heterocycles. The van der Waals surface area contributed by atoms with Crippen molar-refractivity contribution in [2.75, 3.05) is 13.1 Å². The summed E-state index contributed by atoms with van der Waals surface area (Å²) in [6, 6.07) is 1.87. The van der Waals surface area contributed by atoms with Gasteiger partial charge in [0.15, 0.2) is 0 Å². The average Bonchev–Trinajstić information content (AvgIpc) is 2.72. The highest BCUT2D eigenvalue weighted by molar-refractivity contribution is 5.97. The second kappa shape index (κ2) is 3.24. The Morgan fingerprint density at radius 2 is 2.15 bits per heavy atom. The van der Waals surface area contributed by atoms with Gasteiger partial charge in [-0.05, 0) is 25.8 Å². The van der Waals surface area contributed by atoms with E-state index in [1.165, 1.54) is 12.8 Å². The Morgan fingerprint density at radius 1 is 1.46 bits per heavy atom. The lowest BCUT2D eigenvalue weighted by Crippen LogP contribution is -2.27. The predicted octanol–water partition coefficient (Wildman–Crippen LogP) is 2.01. The molecule has 1 aromatic rings. The molecular weight excluding hydrogens is 164 g/mol. The summed E-state index contributed by atoms with van der Waals surface area (Å²) in [5.74, 6) is 1.46. The molecule has 1 aliphatic rings. The van der Waals surface area contributed by atoms with Gasteiger partial charge < -0.3 is 9.32 Å². The topological polar surface area (TPSA) is 40.2 Å². The fraction of sp³-hybridized carbons (Fsp3) is 0.500. The van der Waals surface area contributed by atoms with E-state index in [9.17, 15) is 0 Å². The fourth-order valence-electron chi connectivity index (χ4n) is 1.74. The molecule has 1 aliphatic heterocycles. The highest BCUT2D eigenvalue weighted by Gasteiger charge is 2.18. The summed E-state index contributed by atoms with van der Waals surface area (Å²) in [6.07, 6.45) is 4.06. The minimum Gasteiger partial charge on any atom is -0.469 e. The Bertz CT molecular complexity index is 310. The van der Waals surface area contributed by atoms with Gasteiger partial charge in [-0.15, -0.1) is 0 Å². The second-order valence-corrected chi connectivity index (χ2v) is 3.43. The molecule has 0 radical (unpaired) electrons. The number of nitrogens with zero attached hydrogens (tertiary/aromatic N) is 1. The smallest absolute Gasteiger partial charge is 0.131 e. The van der Waals surface area contributed by atoms with Crippen molar-refractivity contribution in [3.8, 4) is 0 Å². The molecule has 1 fully saturated rings. The molecule has 70 valence electrons. The van der Waals surface area contributed by atoms with Gasteiger partial charge in [0.1, 0.15) is 11.6 Å². The zero-order chi connectivity index (χ0) is 9.26. The van der Waals surface area contributed by atoms with E-state index in [2.05, 4.69) is 4.90 Å². The highest BCUT2D eigenvalue weighted by Crippen LogP contribution is 2.16. The third-order valence-electron chi connectivity index (χ3n) is 2.54. The van der Waals surface area contributed by atoms with Crippen LogP contribution in [0.25, 0.3) is 0 Å². The molecular formula is C10H14N2O. The lowest BCUT2D eigenvalue weighted by Gasteiger charge is -2.17. The van der Waals surface area contributed by atoms with Crippen LogP contribution in [0.5, 0.6) is 0 Å². The van der Waals surface area contributed by atoms with Crippen LogP contribution in [-0.4, -0.2) is 23.8 Å². The van der Waals surface area contributed by atoms with Crippen molar-refractivity contribution in [2.45, 2.75) is 19.8 Å². The van der Waals surface area contributed by atoms with Gasteiger partial charge in [-0.1, -0.05) is 0 Å². The Morgan fingerprint density at radius 3 is 2.69 bits per heavy atom. The van der Waals surface area contributed by atoms with Crippen LogP contribution >= 0.6 is 0 Å². The third-order valence-corrected chi connectivity index (χ3v) is 2.54. The molecule has 2 rings (SSSR count). The average molecular weight is 178 g/mol. The van der Waals surface area contributed by atoms with Gasteiger partial charge in [0, 0.05) is 13.1 Å². The molecule has 1 aromatic heterocycles. The first-order valence-electron chi connectivity index (χ1n) is 4.67. The molecule has 0 unspecified atom stereocenters. The molecule has 0 aromatic carbocycles. The van der Waals surface area contributed by atoms with Gasteiger partial charge in [-0.25, -0.2) is 0 Å². The summed E-state index contributed by atoms with van der Waals surface area (Å²) in [4.78, 5) is 2.11. The molecule has 3 heteroatoms. The van der Waals surface area contributed by atoms with Crippen LogP contribution in [0.4, 0.5) is 0 Å². The van der Waals surface area contributed by atoms with E-state index in [-0.39, 0.29) is 0 Å². The molecule has 0 atom stereocenters. The number of hydrogen-bond acceptors (Lipinski definition) is 2. The zero-order valence-corrected chi connectivity index (χ0v) is 7.84. The Balaban J connectivity index is 2.17. The third kappa shape index (κ3) is 1.46. The van der Waals surface area contributed by atoms with Crippen molar-refractivity contribution in [3.63, 3.8) is 0 Å². The van der Waals surface area contributed by atoms with Crippen LogP contribution in [0, 0.1) is 12.3 Å². The van der Waals surface area contributed by atoms with Crippen LogP contribution < -0.4 is 0 Å². The Kier molecular flexibility index (Phi) is 2.08. The summed E-state index contributed by atoms with van der Waals surface area (Å²) in [7, 11) is 0. The van der Waals surface area contributed by atoms with Gasteiger partial charge >= 0.3 is 0 Å². The van der Waals surface area contributed by atoms with Crippen LogP contribution in [-0.2, 0) is 0 Å². The molecule has 0 spiro atoms. The predicted molar refractivity (Wildman–Crippen MR) is 51.1 cm³/mol. The summed E-state index contributed by atoms with van der Waals surface area (Å²) in [5.41, 5.74) is 0.932. The standard InChI is InChI=1S/C10H14N2O/c1-8-9(4-7-13-8)10(11)12-5-2-3-6-12/h4,7,11H,2-3,5-6H2,1H3.